The number of alkyl carbamates (subject to hydrolysis) is 1. The van der Waals surface area contributed by atoms with Gasteiger partial charge in [0.2, 0.25) is 0 Å². The van der Waals surface area contributed by atoms with E-state index >= 15 is 0 Å². The number of rotatable bonds is 5. The van der Waals surface area contributed by atoms with Crippen molar-refractivity contribution >= 4 is 6.09 Å². The van der Waals surface area contributed by atoms with Crippen LogP contribution >= 0.6 is 0 Å². The van der Waals surface area contributed by atoms with Gasteiger partial charge in [-0.05, 0) is 36.8 Å². The van der Waals surface area contributed by atoms with Crippen LogP contribution in [-0.4, -0.2) is 19.2 Å². The van der Waals surface area contributed by atoms with Crippen molar-refractivity contribution in [2.45, 2.75) is 31.7 Å². The zero-order chi connectivity index (χ0) is 13.0. The number of hydrogen-bond donors (Lipinski definition) is 2. The fourth-order valence-corrected chi connectivity index (χ4v) is 2.01. The highest BCUT2D eigenvalue weighted by molar-refractivity contribution is 5.67. The molecule has 1 aliphatic carbocycles. The van der Waals surface area contributed by atoms with Crippen molar-refractivity contribution in [3.63, 3.8) is 0 Å². The number of nitrogens with one attached hydrogen (secondary N) is 1. The summed E-state index contributed by atoms with van der Waals surface area (Å²) in [6.07, 6.45) is 2.17. The molecule has 0 saturated heterocycles. The molecule has 0 heterocycles. The SMILES string of the molecule is CCOC(=O)NC(CN)c1ccc(C2CC2)cc1. The highest BCUT2D eigenvalue weighted by Crippen LogP contribution is 2.40. The van der Waals surface area contributed by atoms with Crippen molar-refractivity contribution in [3.05, 3.63) is 35.4 Å². The molecule has 0 bridgehead atoms. The molecule has 2 rings (SSSR count). The van der Waals surface area contributed by atoms with E-state index in [1.165, 1.54) is 18.4 Å². The molecule has 98 valence electrons. The van der Waals surface area contributed by atoms with Gasteiger partial charge in [0.15, 0.2) is 0 Å². The maximum atomic E-state index is 11.4. The zero-order valence-corrected chi connectivity index (χ0v) is 10.7. The maximum Gasteiger partial charge on any atom is 0.407 e. The monoisotopic (exact) mass is 248 g/mol. The van der Waals surface area contributed by atoms with Crippen molar-refractivity contribution in [1.82, 2.24) is 5.32 Å². The van der Waals surface area contributed by atoms with Gasteiger partial charge in [-0.2, -0.15) is 0 Å². The quantitative estimate of drug-likeness (QED) is 0.840. The van der Waals surface area contributed by atoms with Crippen LogP contribution < -0.4 is 11.1 Å². The van der Waals surface area contributed by atoms with Gasteiger partial charge in [-0.15, -0.1) is 0 Å². The van der Waals surface area contributed by atoms with Crippen molar-refractivity contribution in [2.24, 2.45) is 5.73 Å². The molecule has 1 unspecified atom stereocenters. The predicted octanol–water partition coefficient (Wildman–Crippen LogP) is 2.31. The Labute approximate surface area is 108 Å². The maximum absolute atomic E-state index is 11.4. The molecule has 0 aliphatic heterocycles. The Morgan fingerprint density at radius 1 is 1.44 bits per heavy atom. The Morgan fingerprint density at radius 3 is 2.61 bits per heavy atom. The van der Waals surface area contributed by atoms with Crippen LogP contribution in [0.1, 0.15) is 42.9 Å². The number of carbonyl (C=O) groups excluding carboxylic acids is 1. The molecule has 4 nitrogen and oxygen atoms in total. The number of ether oxygens (including phenoxy) is 1. The van der Waals surface area contributed by atoms with E-state index in [2.05, 4.69) is 17.4 Å². The molecule has 1 saturated carbocycles. The Bertz CT molecular complexity index is 399. The van der Waals surface area contributed by atoms with Gasteiger partial charge in [0, 0.05) is 6.54 Å². The average molecular weight is 248 g/mol. The minimum atomic E-state index is -0.417. The summed E-state index contributed by atoms with van der Waals surface area (Å²) in [6.45, 7) is 2.51. The van der Waals surface area contributed by atoms with Crippen LogP contribution in [0.2, 0.25) is 0 Å². The largest absolute Gasteiger partial charge is 0.450 e. The predicted molar refractivity (Wildman–Crippen MR) is 70.4 cm³/mol. The highest BCUT2D eigenvalue weighted by atomic mass is 16.5. The molecule has 1 aliphatic rings. The first kappa shape index (κ1) is 12.9. The Morgan fingerprint density at radius 2 is 2.11 bits per heavy atom. The van der Waals surface area contributed by atoms with Gasteiger partial charge in [0.05, 0.1) is 12.6 Å². The lowest BCUT2D eigenvalue weighted by molar-refractivity contribution is 0.148. The van der Waals surface area contributed by atoms with E-state index in [9.17, 15) is 4.79 Å². The molecule has 4 heteroatoms. The van der Waals surface area contributed by atoms with Crippen LogP contribution in [0.3, 0.4) is 0 Å². The number of nitrogens with two attached hydrogens (primary N) is 1. The lowest BCUT2D eigenvalue weighted by Crippen LogP contribution is -2.33. The van der Waals surface area contributed by atoms with E-state index in [4.69, 9.17) is 10.5 Å². The van der Waals surface area contributed by atoms with Crippen LogP contribution in [0.25, 0.3) is 0 Å². The molecule has 0 aromatic heterocycles. The van der Waals surface area contributed by atoms with E-state index in [1.54, 1.807) is 6.92 Å². The van der Waals surface area contributed by atoms with E-state index in [-0.39, 0.29) is 6.04 Å². The lowest BCUT2D eigenvalue weighted by Gasteiger charge is -2.17. The van der Waals surface area contributed by atoms with Gasteiger partial charge in [-0.25, -0.2) is 4.79 Å². The Kier molecular flexibility index (Phi) is 4.20. The zero-order valence-electron chi connectivity index (χ0n) is 10.7. The summed E-state index contributed by atoms with van der Waals surface area (Å²) in [6, 6.07) is 8.15. The first-order valence-corrected chi connectivity index (χ1v) is 6.47. The fourth-order valence-electron chi connectivity index (χ4n) is 2.01. The van der Waals surface area contributed by atoms with Gasteiger partial charge < -0.3 is 15.8 Å². The smallest absolute Gasteiger partial charge is 0.407 e. The minimum absolute atomic E-state index is 0.183. The van der Waals surface area contributed by atoms with Gasteiger partial charge in [0.25, 0.3) is 0 Å². The lowest BCUT2D eigenvalue weighted by atomic mass is 10.0. The highest BCUT2D eigenvalue weighted by Gasteiger charge is 2.23. The standard InChI is InChI=1S/C14H20N2O2/c1-2-18-14(17)16-13(9-15)12-7-5-11(6-8-12)10-3-4-10/h5-8,10,13H,2-4,9,15H2,1H3,(H,16,17). The summed E-state index contributed by atoms with van der Waals surface area (Å²) in [5.74, 6) is 0.744. The van der Waals surface area contributed by atoms with Crippen molar-refractivity contribution in [2.75, 3.05) is 13.2 Å². The van der Waals surface area contributed by atoms with E-state index in [0.717, 1.165) is 11.5 Å². The molecule has 1 aromatic rings. The summed E-state index contributed by atoms with van der Waals surface area (Å²) in [5.41, 5.74) is 8.09. The molecular formula is C14H20N2O2. The van der Waals surface area contributed by atoms with Crippen LogP contribution in [0.15, 0.2) is 24.3 Å². The minimum Gasteiger partial charge on any atom is -0.450 e. The first-order chi connectivity index (χ1) is 8.74. The van der Waals surface area contributed by atoms with Crippen molar-refractivity contribution < 1.29 is 9.53 Å². The third kappa shape index (κ3) is 3.23. The van der Waals surface area contributed by atoms with Crippen molar-refractivity contribution in [1.29, 1.82) is 0 Å². The van der Waals surface area contributed by atoms with E-state index in [1.807, 2.05) is 12.1 Å². The number of benzene rings is 1. The number of amides is 1. The van der Waals surface area contributed by atoms with Gasteiger partial charge >= 0.3 is 6.09 Å². The van der Waals surface area contributed by atoms with E-state index in [0.29, 0.717) is 13.2 Å². The second-order valence-corrected chi connectivity index (χ2v) is 4.59. The van der Waals surface area contributed by atoms with Crippen LogP contribution in [0.5, 0.6) is 0 Å². The fraction of sp³-hybridized carbons (Fsp3) is 0.500. The van der Waals surface area contributed by atoms with Gasteiger partial charge in [0.1, 0.15) is 0 Å². The molecule has 1 fully saturated rings. The second-order valence-electron chi connectivity index (χ2n) is 4.59. The van der Waals surface area contributed by atoms with Crippen molar-refractivity contribution in [3.8, 4) is 0 Å². The molecule has 1 atom stereocenters. The molecule has 1 aromatic carbocycles. The Balaban J connectivity index is 1.99. The third-order valence-electron chi connectivity index (χ3n) is 3.19. The van der Waals surface area contributed by atoms with Gasteiger partial charge in [-0.1, -0.05) is 24.3 Å². The third-order valence-corrected chi connectivity index (χ3v) is 3.19. The summed E-state index contributed by atoms with van der Waals surface area (Å²) >= 11 is 0. The average Bonchev–Trinajstić information content (AvgIpc) is 3.21. The normalized spacial score (nSPS) is 16.1. The number of carbonyl (C=O) groups is 1. The second kappa shape index (κ2) is 5.87. The molecule has 18 heavy (non-hydrogen) atoms. The number of hydrogen-bond acceptors (Lipinski definition) is 3. The summed E-state index contributed by atoms with van der Waals surface area (Å²) in [4.78, 5) is 11.4. The van der Waals surface area contributed by atoms with Crippen LogP contribution in [-0.2, 0) is 4.74 Å². The molecule has 0 radical (unpaired) electrons. The summed E-state index contributed by atoms with van der Waals surface area (Å²) in [5, 5.41) is 2.76. The molecular weight excluding hydrogens is 228 g/mol. The summed E-state index contributed by atoms with van der Waals surface area (Å²) < 4.78 is 4.86. The first-order valence-electron chi connectivity index (χ1n) is 6.47. The van der Waals surface area contributed by atoms with Gasteiger partial charge in [-0.3, -0.25) is 0 Å². The molecule has 0 spiro atoms. The molecule has 1 amide bonds. The molecule has 3 N–H and O–H groups in total. The topological polar surface area (TPSA) is 64.3 Å². The summed E-state index contributed by atoms with van der Waals surface area (Å²) in [7, 11) is 0. The van der Waals surface area contributed by atoms with E-state index < -0.39 is 6.09 Å². The van der Waals surface area contributed by atoms with Crippen LogP contribution in [0.4, 0.5) is 4.79 Å². The van der Waals surface area contributed by atoms with Crippen LogP contribution in [0, 0.1) is 0 Å². The Hall–Kier alpha value is -1.55.